The number of esters is 4. The normalized spacial score (nSPS) is 14.1. The summed E-state index contributed by atoms with van der Waals surface area (Å²) < 4.78 is 69.0. The van der Waals surface area contributed by atoms with Crippen molar-refractivity contribution >= 4 is 39.5 Å². The number of rotatable bonds is 86. The standard InChI is InChI=1S/C87H170O17P2/c1-7-10-12-14-16-18-20-22-34-41-47-53-59-65-71-86(91)103-82(75-97-84(89)69-63-57-51-45-39-31-21-19-17-15-13-11-8-2)77-101-105(93,94)99-73-81(88)74-100-106(95,96)102-78-83(76-98-85(90)70-64-58-52-46-40-35-30-29-32-37-43-49-55-61-67-79(4)5)104-87(92)72-66-60-54-48-42-36-28-26-24-23-25-27-33-38-44-50-56-62-68-80(6)9-3/h79-83,88H,7-78H2,1-6H3,(H,93,94)(H,95,96)/t80?,81-,82+,83+/m0/s1. The molecule has 0 aromatic carbocycles. The van der Waals surface area contributed by atoms with Crippen molar-refractivity contribution in [1.29, 1.82) is 0 Å². The number of unbranched alkanes of at least 4 members (excludes halogenated alkanes) is 55. The average molecular weight is 1550 g/mol. The van der Waals surface area contributed by atoms with E-state index >= 15 is 0 Å². The summed E-state index contributed by atoms with van der Waals surface area (Å²) in [6, 6.07) is 0. The molecule has 3 N–H and O–H groups in total. The number of carbonyl (C=O) groups excluding carboxylic acids is 4. The summed E-state index contributed by atoms with van der Waals surface area (Å²) in [7, 11) is -9.93. The Bertz CT molecular complexity index is 2030. The summed E-state index contributed by atoms with van der Waals surface area (Å²) in [5, 5.41) is 10.7. The van der Waals surface area contributed by atoms with Gasteiger partial charge in [-0.3, -0.25) is 37.3 Å². The van der Waals surface area contributed by atoms with E-state index < -0.39 is 97.5 Å². The van der Waals surface area contributed by atoms with Crippen molar-refractivity contribution in [2.24, 2.45) is 11.8 Å². The number of carbonyl (C=O) groups is 4. The first-order chi connectivity index (χ1) is 51.4. The summed E-state index contributed by atoms with van der Waals surface area (Å²) in [6.07, 6.45) is 70.6. The highest BCUT2D eigenvalue weighted by atomic mass is 31.2. The molecule has 0 aliphatic carbocycles. The van der Waals surface area contributed by atoms with Gasteiger partial charge >= 0.3 is 39.5 Å². The van der Waals surface area contributed by atoms with Gasteiger partial charge in [-0.15, -0.1) is 0 Å². The molecule has 0 amide bonds. The first-order valence-electron chi connectivity index (χ1n) is 45.0. The van der Waals surface area contributed by atoms with Crippen molar-refractivity contribution in [2.75, 3.05) is 39.6 Å². The van der Waals surface area contributed by atoms with E-state index in [2.05, 4.69) is 41.5 Å². The smallest absolute Gasteiger partial charge is 0.462 e. The molecule has 106 heavy (non-hydrogen) atoms. The minimum absolute atomic E-state index is 0.109. The maximum atomic E-state index is 13.2. The van der Waals surface area contributed by atoms with Crippen LogP contribution in [0.1, 0.15) is 465 Å². The van der Waals surface area contributed by atoms with Crippen LogP contribution in [0.3, 0.4) is 0 Å². The Hall–Kier alpha value is -1.94. The summed E-state index contributed by atoms with van der Waals surface area (Å²) in [5.74, 6) is -0.428. The lowest BCUT2D eigenvalue weighted by molar-refractivity contribution is -0.161. The Kier molecular flexibility index (Phi) is 76.9. The fourth-order valence-electron chi connectivity index (χ4n) is 13.6. The van der Waals surface area contributed by atoms with Gasteiger partial charge < -0.3 is 33.8 Å². The maximum Gasteiger partial charge on any atom is 0.472 e. The van der Waals surface area contributed by atoms with Crippen molar-refractivity contribution < 1.29 is 80.2 Å². The minimum Gasteiger partial charge on any atom is -0.462 e. The summed E-state index contributed by atoms with van der Waals surface area (Å²) in [6.45, 7) is 9.78. The van der Waals surface area contributed by atoms with Crippen LogP contribution < -0.4 is 0 Å². The highest BCUT2D eigenvalue weighted by Crippen LogP contribution is 2.45. The SMILES string of the molecule is CCCCCCCCCCCCCCCCC(=O)O[C@H](COC(=O)CCCCCCCCCCCCCCC)COP(=O)(O)OC[C@H](O)COP(=O)(O)OC[C@@H](COC(=O)CCCCCCCCCCCCCCCCC(C)C)OC(=O)CCCCCCCCCCCCCCCCCCCCC(C)CC. The molecule has 0 saturated heterocycles. The van der Waals surface area contributed by atoms with Crippen molar-refractivity contribution in [3.05, 3.63) is 0 Å². The van der Waals surface area contributed by atoms with Crippen LogP contribution in [0.2, 0.25) is 0 Å². The van der Waals surface area contributed by atoms with Crippen LogP contribution in [0.4, 0.5) is 0 Å². The molecular formula is C87H170O17P2. The van der Waals surface area contributed by atoms with Crippen molar-refractivity contribution in [3.8, 4) is 0 Å². The van der Waals surface area contributed by atoms with E-state index in [1.54, 1.807) is 0 Å². The third-order valence-corrected chi connectivity index (χ3v) is 22.7. The molecule has 0 radical (unpaired) electrons. The Morgan fingerprint density at radius 2 is 0.481 bits per heavy atom. The molecule has 17 nitrogen and oxygen atoms in total. The van der Waals surface area contributed by atoms with Gasteiger partial charge in [-0.25, -0.2) is 9.13 Å². The van der Waals surface area contributed by atoms with E-state index in [1.165, 1.54) is 283 Å². The Morgan fingerprint density at radius 3 is 0.717 bits per heavy atom. The Morgan fingerprint density at radius 1 is 0.274 bits per heavy atom. The Balaban J connectivity index is 5.25. The molecule has 0 saturated carbocycles. The summed E-state index contributed by atoms with van der Waals surface area (Å²) >= 11 is 0. The monoisotopic (exact) mass is 1550 g/mol. The number of hydrogen-bond donors (Lipinski definition) is 3. The van der Waals surface area contributed by atoms with Crippen LogP contribution in [0.5, 0.6) is 0 Å². The topological polar surface area (TPSA) is 237 Å². The number of aliphatic hydroxyl groups excluding tert-OH is 1. The molecule has 0 bridgehead atoms. The van der Waals surface area contributed by atoms with Crippen LogP contribution in [-0.2, 0) is 65.4 Å². The van der Waals surface area contributed by atoms with Gasteiger partial charge in [-0.05, 0) is 37.5 Å². The van der Waals surface area contributed by atoms with E-state index in [1.807, 2.05) is 0 Å². The molecule has 0 fully saturated rings. The molecule has 0 aromatic rings. The van der Waals surface area contributed by atoms with Crippen molar-refractivity contribution in [2.45, 2.75) is 484 Å². The fraction of sp³-hybridized carbons (Fsp3) is 0.954. The van der Waals surface area contributed by atoms with Gasteiger partial charge in [0.1, 0.15) is 19.3 Å². The first-order valence-corrected chi connectivity index (χ1v) is 48.0. The van der Waals surface area contributed by atoms with Gasteiger partial charge in [0, 0.05) is 25.7 Å². The second kappa shape index (κ2) is 78.3. The number of aliphatic hydroxyl groups is 1. The lowest BCUT2D eigenvalue weighted by atomic mass is 9.99. The second-order valence-corrected chi connectivity index (χ2v) is 34.9. The third-order valence-electron chi connectivity index (χ3n) is 20.8. The van der Waals surface area contributed by atoms with Crippen LogP contribution in [0, 0.1) is 11.8 Å². The van der Waals surface area contributed by atoms with E-state index in [0.29, 0.717) is 25.7 Å². The van der Waals surface area contributed by atoms with Gasteiger partial charge in [-0.1, -0.05) is 414 Å². The lowest BCUT2D eigenvalue weighted by Crippen LogP contribution is -2.30. The molecule has 0 spiro atoms. The van der Waals surface area contributed by atoms with Gasteiger partial charge in [-0.2, -0.15) is 0 Å². The molecule has 0 heterocycles. The first kappa shape index (κ1) is 104. The molecule has 6 atom stereocenters. The van der Waals surface area contributed by atoms with Crippen LogP contribution >= 0.6 is 15.6 Å². The quantitative estimate of drug-likeness (QED) is 0.0222. The zero-order chi connectivity index (χ0) is 77.8. The van der Waals surface area contributed by atoms with Crippen LogP contribution in [-0.4, -0.2) is 96.7 Å². The lowest BCUT2D eigenvalue weighted by Gasteiger charge is -2.21. The number of hydrogen-bond acceptors (Lipinski definition) is 15. The molecular weight excluding hydrogens is 1380 g/mol. The molecule has 3 unspecified atom stereocenters. The van der Waals surface area contributed by atoms with E-state index in [0.717, 1.165) is 102 Å². The van der Waals surface area contributed by atoms with Gasteiger partial charge in [0.15, 0.2) is 12.2 Å². The molecule has 0 aliphatic heterocycles. The largest absolute Gasteiger partial charge is 0.472 e. The number of ether oxygens (including phenoxy) is 4. The zero-order valence-electron chi connectivity index (χ0n) is 69.7. The number of phosphoric acid groups is 2. The van der Waals surface area contributed by atoms with E-state index in [4.69, 9.17) is 37.0 Å². The maximum absolute atomic E-state index is 13.2. The third kappa shape index (κ3) is 78.7. The van der Waals surface area contributed by atoms with Crippen molar-refractivity contribution in [1.82, 2.24) is 0 Å². The average Bonchev–Trinajstić information content (AvgIpc) is 0.901. The van der Waals surface area contributed by atoms with Crippen molar-refractivity contribution in [3.63, 3.8) is 0 Å². The molecule has 630 valence electrons. The van der Waals surface area contributed by atoms with Gasteiger partial charge in [0.2, 0.25) is 0 Å². The molecule has 0 aliphatic rings. The molecule has 19 heteroatoms. The predicted octanol–water partition coefficient (Wildman–Crippen LogP) is 26.6. The van der Waals surface area contributed by atoms with Crippen LogP contribution in [0.15, 0.2) is 0 Å². The van der Waals surface area contributed by atoms with Gasteiger partial charge in [0.05, 0.1) is 26.4 Å². The van der Waals surface area contributed by atoms with Crippen LogP contribution in [0.25, 0.3) is 0 Å². The Labute approximate surface area is 651 Å². The second-order valence-electron chi connectivity index (χ2n) is 32.0. The van der Waals surface area contributed by atoms with E-state index in [9.17, 15) is 43.2 Å². The minimum atomic E-state index is -4.97. The van der Waals surface area contributed by atoms with Gasteiger partial charge in [0.25, 0.3) is 0 Å². The predicted molar refractivity (Wildman–Crippen MR) is 437 cm³/mol. The summed E-state index contributed by atoms with van der Waals surface area (Å²) in [5.41, 5.74) is 0. The summed E-state index contributed by atoms with van der Waals surface area (Å²) in [4.78, 5) is 73.3. The zero-order valence-corrected chi connectivity index (χ0v) is 71.5. The highest BCUT2D eigenvalue weighted by Gasteiger charge is 2.30. The van der Waals surface area contributed by atoms with E-state index in [-0.39, 0.29) is 25.7 Å². The number of phosphoric ester groups is 2. The molecule has 0 rings (SSSR count). The highest BCUT2D eigenvalue weighted by molar-refractivity contribution is 7.47. The molecule has 0 aromatic heterocycles. The fourth-order valence-corrected chi connectivity index (χ4v) is 15.1.